The van der Waals surface area contributed by atoms with Crippen LogP contribution in [-0.2, 0) is 9.84 Å². The quantitative estimate of drug-likeness (QED) is 0.840. The molecule has 0 bridgehead atoms. The van der Waals surface area contributed by atoms with Crippen LogP contribution in [0.4, 0.5) is 5.69 Å². The molecule has 1 atom stereocenters. The number of hydrogen-bond acceptors (Lipinski definition) is 5. The van der Waals surface area contributed by atoms with Gasteiger partial charge in [-0.25, -0.2) is 8.42 Å². The minimum Gasteiger partial charge on any atom is -0.389 e. The molecule has 8 heteroatoms. The molecule has 2 N–H and O–H groups in total. The fraction of sp³-hybridized carbons (Fsp3) is 0.417. The number of thioether (sulfide) groups is 1. The van der Waals surface area contributed by atoms with E-state index in [4.69, 9.17) is 29.6 Å². The van der Waals surface area contributed by atoms with Crippen LogP contribution >= 0.6 is 35.6 Å². The first-order valence-corrected chi connectivity index (χ1v) is 9.83. The standard InChI is InChI=1S/C12H15ClN2O2S3/c1-20(16,17)10-7-19-6-5-15(10)9-4-2-3-8(13)11(9)12(14)18/h2-4,10H,5-7H2,1H3,(H2,14,18). The first kappa shape index (κ1) is 15.9. The molecular formula is C12H15ClN2O2S3. The molecule has 1 aromatic carbocycles. The van der Waals surface area contributed by atoms with Crippen molar-refractivity contribution in [2.75, 3.05) is 29.2 Å². The average Bonchev–Trinajstić information content (AvgIpc) is 2.37. The molecule has 110 valence electrons. The van der Waals surface area contributed by atoms with Gasteiger partial charge in [-0.15, -0.1) is 0 Å². The van der Waals surface area contributed by atoms with Gasteiger partial charge in [-0.2, -0.15) is 11.8 Å². The number of nitrogens with zero attached hydrogens (tertiary/aromatic N) is 1. The van der Waals surface area contributed by atoms with Gasteiger partial charge in [0.25, 0.3) is 0 Å². The van der Waals surface area contributed by atoms with Crippen LogP contribution < -0.4 is 10.6 Å². The van der Waals surface area contributed by atoms with Crippen molar-refractivity contribution in [3.8, 4) is 0 Å². The summed E-state index contributed by atoms with van der Waals surface area (Å²) < 4.78 is 24.0. The van der Waals surface area contributed by atoms with Crippen LogP contribution in [0.25, 0.3) is 0 Å². The molecule has 4 nitrogen and oxygen atoms in total. The van der Waals surface area contributed by atoms with Gasteiger partial charge in [0.2, 0.25) is 0 Å². The van der Waals surface area contributed by atoms with Gasteiger partial charge >= 0.3 is 0 Å². The Morgan fingerprint density at radius 1 is 1.55 bits per heavy atom. The molecule has 2 rings (SSSR count). The highest BCUT2D eigenvalue weighted by Gasteiger charge is 2.32. The minimum atomic E-state index is -3.20. The van der Waals surface area contributed by atoms with E-state index in [0.717, 1.165) is 5.75 Å². The van der Waals surface area contributed by atoms with E-state index in [1.54, 1.807) is 23.9 Å². The van der Waals surface area contributed by atoms with Crippen molar-refractivity contribution in [2.24, 2.45) is 5.73 Å². The Morgan fingerprint density at radius 3 is 2.85 bits per heavy atom. The maximum absolute atomic E-state index is 12.0. The van der Waals surface area contributed by atoms with Gasteiger partial charge in [0.1, 0.15) is 10.4 Å². The van der Waals surface area contributed by atoms with Crippen molar-refractivity contribution in [3.05, 3.63) is 28.8 Å². The Kier molecular flexibility index (Phi) is 4.84. The first-order chi connectivity index (χ1) is 9.32. The fourth-order valence-corrected chi connectivity index (χ4v) is 5.58. The molecule has 1 aliphatic rings. The maximum Gasteiger partial charge on any atom is 0.169 e. The van der Waals surface area contributed by atoms with E-state index in [2.05, 4.69) is 0 Å². The van der Waals surface area contributed by atoms with E-state index in [1.165, 1.54) is 6.26 Å². The zero-order valence-electron chi connectivity index (χ0n) is 10.9. The van der Waals surface area contributed by atoms with Crippen LogP contribution in [0.3, 0.4) is 0 Å². The molecule has 1 unspecified atom stereocenters. The van der Waals surface area contributed by atoms with Gasteiger partial charge in [0, 0.05) is 30.0 Å². The van der Waals surface area contributed by atoms with Crippen molar-refractivity contribution in [3.63, 3.8) is 0 Å². The summed E-state index contributed by atoms with van der Waals surface area (Å²) in [6.45, 7) is 0.623. The summed E-state index contributed by atoms with van der Waals surface area (Å²) in [6.07, 6.45) is 1.25. The van der Waals surface area contributed by atoms with Crippen LogP contribution in [0.2, 0.25) is 5.02 Å². The van der Waals surface area contributed by atoms with Gasteiger partial charge in [0.05, 0.1) is 10.6 Å². The van der Waals surface area contributed by atoms with E-state index in [1.807, 2.05) is 11.0 Å². The molecule has 0 aliphatic carbocycles. The molecule has 0 amide bonds. The second-order valence-electron chi connectivity index (χ2n) is 4.55. The number of benzene rings is 1. The first-order valence-electron chi connectivity index (χ1n) is 5.94. The molecular weight excluding hydrogens is 336 g/mol. The lowest BCUT2D eigenvalue weighted by Crippen LogP contribution is -2.47. The lowest BCUT2D eigenvalue weighted by molar-refractivity contribution is 0.584. The highest BCUT2D eigenvalue weighted by molar-refractivity contribution is 8.01. The summed E-state index contributed by atoms with van der Waals surface area (Å²) in [5, 5.41) is -0.131. The summed E-state index contributed by atoms with van der Waals surface area (Å²) in [7, 11) is -3.20. The average molecular weight is 351 g/mol. The molecule has 1 heterocycles. The van der Waals surface area contributed by atoms with E-state index in [0.29, 0.717) is 28.6 Å². The van der Waals surface area contributed by atoms with Gasteiger partial charge in [-0.05, 0) is 12.1 Å². The Bertz CT molecular complexity index is 634. The van der Waals surface area contributed by atoms with Gasteiger partial charge < -0.3 is 10.6 Å². The molecule has 1 aliphatic heterocycles. The summed E-state index contributed by atoms with van der Waals surface area (Å²) in [5.41, 5.74) is 6.98. The third kappa shape index (κ3) is 3.21. The normalized spacial score (nSPS) is 19.9. The Morgan fingerprint density at radius 2 is 2.25 bits per heavy atom. The predicted molar refractivity (Wildman–Crippen MR) is 90.6 cm³/mol. The molecule has 0 radical (unpaired) electrons. The van der Waals surface area contributed by atoms with Crippen molar-refractivity contribution in [1.82, 2.24) is 0 Å². The topological polar surface area (TPSA) is 63.4 Å². The number of thiocarbonyl (C=S) groups is 1. The van der Waals surface area contributed by atoms with Crippen LogP contribution in [0.1, 0.15) is 5.56 Å². The van der Waals surface area contributed by atoms with Crippen molar-refractivity contribution < 1.29 is 8.42 Å². The zero-order valence-corrected chi connectivity index (χ0v) is 14.1. The predicted octanol–water partition coefficient (Wildman–Crippen LogP) is 1.90. The van der Waals surface area contributed by atoms with Crippen LogP contribution in [0, 0.1) is 0 Å². The molecule has 0 saturated carbocycles. The molecule has 0 spiro atoms. The Balaban J connectivity index is 2.54. The number of rotatable bonds is 3. The number of anilines is 1. The van der Waals surface area contributed by atoms with Gasteiger partial charge in [0.15, 0.2) is 9.84 Å². The van der Waals surface area contributed by atoms with E-state index in [9.17, 15) is 8.42 Å². The van der Waals surface area contributed by atoms with Crippen LogP contribution in [0.15, 0.2) is 18.2 Å². The van der Waals surface area contributed by atoms with Crippen molar-refractivity contribution >= 4 is 56.1 Å². The van der Waals surface area contributed by atoms with E-state index < -0.39 is 15.2 Å². The molecule has 1 saturated heterocycles. The largest absolute Gasteiger partial charge is 0.389 e. The smallest absolute Gasteiger partial charge is 0.169 e. The fourth-order valence-electron chi connectivity index (χ4n) is 2.21. The van der Waals surface area contributed by atoms with Crippen LogP contribution in [0.5, 0.6) is 0 Å². The van der Waals surface area contributed by atoms with E-state index in [-0.39, 0.29) is 4.99 Å². The second kappa shape index (κ2) is 6.09. The van der Waals surface area contributed by atoms with Crippen molar-refractivity contribution in [1.29, 1.82) is 0 Å². The summed E-state index contributed by atoms with van der Waals surface area (Å²) in [6, 6.07) is 5.29. The number of halogens is 1. The number of sulfone groups is 1. The number of nitrogens with two attached hydrogens (primary N) is 1. The van der Waals surface area contributed by atoms with E-state index >= 15 is 0 Å². The van der Waals surface area contributed by atoms with Gasteiger partial charge in [-0.3, -0.25) is 0 Å². The lowest BCUT2D eigenvalue weighted by Gasteiger charge is -2.37. The van der Waals surface area contributed by atoms with Gasteiger partial charge in [-0.1, -0.05) is 29.9 Å². The lowest BCUT2D eigenvalue weighted by atomic mass is 10.1. The summed E-state index contributed by atoms with van der Waals surface area (Å²) >= 11 is 12.8. The third-order valence-corrected chi connectivity index (χ3v) is 6.29. The summed E-state index contributed by atoms with van der Waals surface area (Å²) in [5.74, 6) is 1.39. The Hall–Kier alpha value is -0.500. The third-order valence-electron chi connectivity index (χ3n) is 3.13. The van der Waals surface area contributed by atoms with Crippen LogP contribution in [-0.4, -0.2) is 43.1 Å². The molecule has 1 aromatic rings. The zero-order chi connectivity index (χ0) is 14.9. The molecule has 1 fully saturated rings. The monoisotopic (exact) mass is 350 g/mol. The number of hydrogen-bond donors (Lipinski definition) is 1. The highest BCUT2D eigenvalue weighted by atomic mass is 35.5. The summed E-state index contributed by atoms with van der Waals surface area (Å²) in [4.78, 5) is 2.02. The molecule has 0 aromatic heterocycles. The molecule has 20 heavy (non-hydrogen) atoms. The SMILES string of the molecule is CS(=O)(=O)C1CSCCN1c1cccc(Cl)c1C(N)=S. The Labute approximate surface area is 133 Å². The second-order valence-corrected chi connectivity index (χ2v) is 8.75. The van der Waals surface area contributed by atoms with Crippen molar-refractivity contribution in [2.45, 2.75) is 5.37 Å². The maximum atomic E-state index is 12.0. The minimum absolute atomic E-state index is 0.177. The highest BCUT2D eigenvalue weighted by Crippen LogP contribution is 2.32.